The summed E-state index contributed by atoms with van der Waals surface area (Å²) in [6.07, 6.45) is 0. The molecule has 0 aliphatic carbocycles. The lowest BCUT2D eigenvalue weighted by Crippen LogP contribution is -2.31. The molecule has 0 atom stereocenters. The van der Waals surface area contributed by atoms with Crippen LogP contribution in [-0.2, 0) is 13.6 Å². The molecule has 7 heteroatoms. The molecule has 3 rings (SSSR count). The van der Waals surface area contributed by atoms with Crippen LogP contribution in [0.2, 0.25) is 0 Å². The third kappa shape index (κ3) is 3.75. The van der Waals surface area contributed by atoms with Gasteiger partial charge in [-0.3, -0.25) is 0 Å². The monoisotopic (exact) mass is 408 g/mol. The topological polar surface area (TPSA) is 34.1 Å². The molecule has 140 valence electrons. The van der Waals surface area contributed by atoms with Crippen LogP contribution in [0.5, 0.6) is 0 Å². The number of halogens is 3. The fraction of sp³-hybridized carbons (Fsp3) is 0.100. The zero-order valence-corrected chi connectivity index (χ0v) is 15.6. The Morgan fingerprint density at radius 3 is 1.15 bits per heavy atom. The van der Waals surface area contributed by atoms with Crippen molar-refractivity contribution < 1.29 is 21.6 Å². The SMILES string of the molecule is O=S(=O)(SC(c1ccccc1)(c1ccccc1)c1ccccc1)C(F)(F)F. The molecule has 0 spiro atoms. The standard InChI is InChI=1S/C20H15F3O2S2/c21-20(22,23)27(24,25)26-19(16-10-4-1-5-11-16,17-12-6-2-7-13-17)18-14-8-3-9-15-18/h1-15H. The molecule has 3 aromatic rings. The van der Waals surface area contributed by atoms with Crippen LogP contribution in [0.4, 0.5) is 13.2 Å². The fourth-order valence-corrected chi connectivity index (χ4v) is 6.13. The van der Waals surface area contributed by atoms with E-state index in [4.69, 9.17) is 0 Å². The average molecular weight is 408 g/mol. The summed E-state index contributed by atoms with van der Waals surface area (Å²) in [6, 6.07) is 25.1. The largest absolute Gasteiger partial charge is 0.507 e. The summed E-state index contributed by atoms with van der Waals surface area (Å²) in [7, 11) is -5.58. The van der Waals surface area contributed by atoms with Gasteiger partial charge in [0.05, 0.1) is 0 Å². The van der Waals surface area contributed by atoms with Gasteiger partial charge < -0.3 is 0 Å². The molecule has 0 unspecified atom stereocenters. The highest BCUT2D eigenvalue weighted by atomic mass is 33.1. The second-order valence-corrected chi connectivity index (χ2v) is 9.73. The Labute approximate surface area is 159 Å². The van der Waals surface area contributed by atoms with Gasteiger partial charge in [0, 0.05) is 0 Å². The molecule has 0 aliphatic heterocycles. The Hall–Kier alpha value is -2.25. The molecule has 2 nitrogen and oxygen atoms in total. The maximum absolute atomic E-state index is 13.3. The van der Waals surface area contributed by atoms with E-state index < -0.39 is 19.1 Å². The third-order valence-corrected chi connectivity index (χ3v) is 7.78. The van der Waals surface area contributed by atoms with Crippen molar-refractivity contribution in [2.75, 3.05) is 0 Å². The van der Waals surface area contributed by atoms with E-state index in [9.17, 15) is 21.6 Å². The van der Waals surface area contributed by atoms with Crippen molar-refractivity contribution in [1.29, 1.82) is 0 Å². The minimum atomic E-state index is -5.48. The molecule has 0 bridgehead atoms. The van der Waals surface area contributed by atoms with E-state index in [2.05, 4.69) is 0 Å². The van der Waals surface area contributed by atoms with Crippen molar-refractivity contribution in [2.45, 2.75) is 10.3 Å². The van der Waals surface area contributed by atoms with Gasteiger partial charge in [-0.25, -0.2) is 8.42 Å². The maximum Gasteiger partial charge on any atom is 0.507 e. The van der Waals surface area contributed by atoms with Crippen LogP contribution in [-0.4, -0.2) is 13.9 Å². The molecule has 27 heavy (non-hydrogen) atoms. The Balaban J connectivity index is 2.37. The first-order valence-corrected chi connectivity index (χ1v) is 10.8. The van der Waals surface area contributed by atoms with Gasteiger partial charge in [-0.05, 0) is 27.5 Å². The van der Waals surface area contributed by atoms with E-state index in [-0.39, 0.29) is 10.8 Å². The summed E-state index contributed by atoms with van der Waals surface area (Å²) < 4.78 is 62.8. The lowest BCUT2D eigenvalue weighted by molar-refractivity contribution is -0.0410. The summed E-state index contributed by atoms with van der Waals surface area (Å²) in [5, 5.41) is 0. The average Bonchev–Trinajstić information content (AvgIpc) is 2.67. The number of benzene rings is 3. The van der Waals surface area contributed by atoms with Crippen molar-refractivity contribution in [3.63, 3.8) is 0 Å². The van der Waals surface area contributed by atoms with Gasteiger partial charge in [-0.1, -0.05) is 91.0 Å². The predicted molar refractivity (Wildman–Crippen MR) is 102 cm³/mol. The first-order valence-electron chi connectivity index (χ1n) is 7.96. The summed E-state index contributed by atoms with van der Waals surface area (Å²) in [6.45, 7) is 0. The summed E-state index contributed by atoms with van der Waals surface area (Å²) in [5.74, 6) is 0. The van der Waals surface area contributed by atoms with Gasteiger partial charge >= 0.3 is 14.4 Å². The van der Waals surface area contributed by atoms with Crippen LogP contribution < -0.4 is 0 Å². The Morgan fingerprint density at radius 1 is 0.593 bits per heavy atom. The van der Waals surface area contributed by atoms with Crippen molar-refractivity contribution in [1.82, 2.24) is 0 Å². The lowest BCUT2D eigenvalue weighted by atomic mass is 9.84. The third-order valence-electron chi connectivity index (χ3n) is 4.06. The first-order chi connectivity index (χ1) is 12.8. The van der Waals surface area contributed by atoms with Crippen LogP contribution >= 0.6 is 10.8 Å². The molecule has 0 aromatic heterocycles. The minimum Gasteiger partial charge on any atom is -0.208 e. The van der Waals surface area contributed by atoms with E-state index in [0.29, 0.717) is 16.7 Å². The van der Waals surface area contributed by atoms with Crippen molar-refractivity contribution in [3.8, 4) is 0 Å². The molecule has 0 fully saturated rings. The van der Waals surface area contributed by atoms with Crippen LogP contribution in [0.3, 0.4) is 0 Å². The molecular weight excluding hydrogens is 393 g/mol. The highest BCUT2D eigenvalue weighted by molar-refractivity contribution is 8.72. The molecular formula is C20H15F3O2S2. The molecule has 0 radical (unpaired) electrons. The predicted octanol–water partition coefficient (Wildman–Crippen LogP) is 5.56. The van der Waals surface area contributed by atoms with Gasteiger partial charge in [0.1, 0.15) is 4.75 Å². The molecule has 0 N–H and O–H groups in total. The molecule has 0 heterocycles. The highest BCUT2D eigenvalue weighted by Gasteiger charge is 2.53. The summed E-state index contributed by atoms with van der Waals surface area (Å²) in [4.78, 5) is 0. The first kappa shape index (κ1) is 19.5. The smallest absolute Gasteiger partial charge is 0.208 e. The fourth-order valence-electron chi connectivity index (χ4n) is 2.87. The number of rotatable bonds is 5. The van der Waals surface area contributed by atoms with Gasteiger partial charge in [-0.15, -0.1) is 0 Å². The van der Waals surface area contributed by atoms with Crippen molar-refractivity contribution in [3.05, 3.63) is 108 Å². The Morgan fingerprint density at radius 2 is 0.889 bits per heavy atom. The van der Waals surface area contributed by atoms with Crippen molar-refractivity contribution >= 4 is 19.7 Å². The zero-order valence-electron chi connectivity index (χ0n) is 13.9. The quantitative estimate of drug-likeness (QED) is 0.409. The zero-order chi connectivity index (χ0) is 19.5. The van der Waals surface area contributed by atoms with E-state index in [1.807, 2.05) is 0 Å². The lowest BCUT2D eigenvalue weighted by Gasteiger charge is -2.34. The van der Waals surface area contributed by atoms with Gasteiger partial charge in [-0.2, -0.15) is 13.2 Å². The summed E-state index contributed by atoms with van der Waals surface area (Å²) >= 11 is 0. The Kier molecular flexibility index (Phi) is 5.35. The maximum atomic E-state index is 13.3. The van der Waals surface area contributed by atoms with Gasteiger partial charge in [0.15, 0.2) is 0 Å². The minimum absolute atomic E-state index is 0.0921. The molecule has 3 aromatic carbocycles. The molecule has 0 amide bonds. The van der Waals surface area contributed by atoms with Gasteiger partial charge in [0.25, 0.3) is 0 Å². The van der Waals surface area contributed by atoms with Gasteiger partial charge in [0.2, 0.25) is 0 Å². The van der Waals surface area contributed by atoms with Crippen LogP contribution in [0, 0.1) is 0 Å². The second-order valence-electron chi connectivity index (χ2n) is 5.76. The van der Waals surface area contributed by atoms with E-state index >= 15 is 0 Å². The number of alkyl halides is 3. The van der Waals surface area contributed by atoms with Crippen molar-refractivity contribution in [2.24, 2.45) is 0 Å². The van der Waals surface area contributed by atoms with Crippen LogP contribution in [0.1, 0.15) is 16.7 Å². The highest BCUT2D eigenvalue weighted by Crippen LogP contribution is 2.53. The molecule has 0 saturated carbocycles. The normalized spacial score (nSPS) is 12.7. The summed E-state index contributed by atoms with van der Waals surface area (Å²) in [5.41, 5.74) is -4.04. The molecule has 0 aliphatic rings. The van der Waals surface area contributed by atoms with E-state index in [0.717, 1.165) is 0 Å². The Bertz CT molecular complexity index is 891. The van der Waals surface area contributed by atoms with E-state index in [1.165, 1.54) is 0 Å². The van der Waals surface area contributed by atoms with Crippen LogP contribution in [0.15, 0.2) is 91.0 Å². The second kappa shape index (κ2) is 7.40. The number of hydrogen-bond acceptors (Lipinski definition) is 3. The van der Waals surface area contributed by atoms with Crippen LogP contribution in [0.25, 0.3) is 0 Å². The number of hydrogen-bond donors (Lipinski definition) is 0. The van der Waals surface area contributed by atoms with E-state index in [1.54, 1.807) is 91.0 Å². The molecule has 0 saturated heterocycles.